The van der Waals surface area contributed by atoms with Crippen molar-refractivity contribution in [3.05, 3.63) is 54.0 Å². The highest BCUT2D eigenvalue weighted by molar-refractivity contribution is 5.96. The molecule has 0 spiro atoms. The SMILES string of the molecule is CCOC(=O)c1ccccc1N=Cc1ccco1. The fourth-order valence-corrected chi connectivity index (χ4v) is 1.47. The van der Waals surface area contributed by atoms with Gasteiger partial charge < -0.3 is 9.15 Å². The average Bonchev–Trinajstić information content (AvgIpc) is 2.90. The second-order valence-corrected chi connectivity index (χ2v) is 3.51. The number of hydrogen-bond acceptors (Lipinski definition) is 4. The summed E-state index contributed by atoms with van der Waals surface area (Å²) in [6.07, 6.45) is 3.14. The fourth-order valence-electron chi connectivity index (χ4n) is 1.47. The van der Waals surface area contributed by atoms with E-state index in [9.17, 15) is 4.79 Å². The molecule has 0 aliphatic heterocycles. The van der Waals surface area contributed by atoms with E-state index < -0.39 is 0 Å². The van der Waals surface area contributed by atoms with Gasteiger partial charge in [0.25, 0.3) is 0 Å². The highest BCUT2D eigenvalue weighted by Crippen LogP contribution is 2.19. The molecule has 0 aliphatic carbocycles. The van der Waals surface area contributed by atoms with Crippen molar-refractivity contribution in [1.82, 2.24) is 0 Å². The summed E-state index contributed by atoms with van der Waals surface area (Å²) in [7, 11) is 0. The number of para-hydroxylation sites is 1. The number of ether oxygens (including phenoxy) is 1. The van der Waals surface area contributed by atoms with Crippen LogP contribution in [0.4, 0.5) is 5.69 Å². The molecule has 1 aromatic carbocycles. The molecule has 0 aliphatic rings. The highest BCUT2D eigenvalue weighted by atomic mass is 16.5. The van der Waals surface area contributed by atoms with Crippen LogP contribution in [0.25, 0.3) is 0 Å². The molecule has 0 atom stereocenters. The van der Waals surface area contributed by atoms with Crippen LogP contribution in [0, 0.1) is 0 Å². The van der Waals surface area contributed by atoms with Crippen LogP contribution in [0.15, 0.2) is 52.1 Å². The fraction of sp³-hybridized carbons (Fsp3) is 0.143. The van der Waals surface area contributed by atoms with Crippen LogP contribution in [-0.4, -0.2) is 18.8 Å². The molecule has 0 N–H and O–H groups in total. The van der Waals surface area contributed by atoms with Crippen molar-refractivity contribution < 1.29 is 13.9 Å². The van der Waals surface area contributed by atoms with Gasteiger partial charge in [-0.05, 0) is 31.2 Å². The molecule has 1 aromatic heterocycles. The van der Waals surface area contributed by atoms with Gasteiger partial charge in [-0.2, -0.15) is 0 Å². The Bertz CT molecular complexity index is 544. The lowest BCUT2D eigenvalue weighted by Crippen LogP contribution is -2.04. The minimum Gasteiger partial charge on any atom is -0.463 e. The number of furan rings is 1. The maximum Gasteiger partial charge on any atom is 0.340 e. The molecule has 0 fully saturated rings. The third kappa shape index (κ3) is 2.85. The van der Waals surface area contributed by atoms with E-state index >= 15 is 0 Å². The van der Waals surface area contributed by atoms with Crippen LogP contribution in [-0.2, 0) is 4.74 Å². The summed E-state index contributed by atoms with van der Waals surface area (Å²) in [6, 6.07) is 10.6. The standard InChI is InChI=1S/C14H13NO3/c1-2-17-14(16)12-7-3-4-8-13(12)15-10-11-6-5-9-18-11/h3-10H,2H2,1H3. The molecule has 0 radical (unpaired) electrons. The highest BCUT2D eigenvalue weighted by Gasteiger charge is 2.10. The van der Waals surface area contributed by atoms with Crippen LogP contribution in [0.3, 0.4) is 0 Å². The summed E-state index contributed by atoms with van der Waals surface area (Å²) in [4.78, 5) is 15.9. The predicted octanol–water partition coefficient (Wildman–Crippen LogP) is 3.21. The third-order valence-corrected chi connectivity index (χ3v) is 2.27. The summed E-state index contributed by atoms with van der Waals surface area (Å²) in [5.41, 5.74) is 1.01. The van der Waals surface area contributed by atoms with Crippen molar-refractivity contribution in [2.75, 3.05) is 6.61 Å². The molecule has 0 amide bonds. The van der Waals surface area contributed by atoms with E-state index in [0.717, 1.165) is 0 Å². The van der Waals surface area contributed by atoms with E-state index in [1.54, 1.807) is 49.7 Å². The lowest BCUT2D eigenvalue weighted by molar-refractivity contribution is 0.0527. The molecule has 92 valence electrons. The summed E-state index contributed by atoms with van der Waals surface area (Å²) < 4.78 is 10.1. The predicted molar refractivity (Wildman–Crippen MR) is 68.4 cm³/mol. The Hall–Kier alpha value is -2.36. The first-order valence-electron chi connectivity index (χ1n) is 5.65. The Balaban J connectivity index is 2.25. The molecule has 4 nitrogen and oxygen atoms in total. The number of hydrogen-bond donors (Lipinski definition) is 0. The largest absolute Gasteiger partial charge is 0.463 e. The average molecular weight is 243 g/mol. The van der Waals surface area contributed by atoms with Crippen LogP contribution in [0.2, 0.25) is 0 Å². The first-order chi connectivity index (χ1) is 8.81. The van der Waals surface area contributed by atoms with Crippen molar-refractivity contribution in [3.63, 3.8) is 0 Å². The number of benzene rings is 1. The number of nitrogens with zero attached hydrogens (tertiary/aromatic N) is 1. The Kier molecular flexibility index (Phi) is 3.91. The van der Waals surface area contributed by atoms with Crippen LogP contribution >= 0.6 is 0 Å². The second kappa shape index (κ2) is 5.82. The van der Waals surface area contributed by atoms with E-state index in [1.165, 1.54) is 0 Å². The van der Waals surface area contributed by atoms with E-state index in [4.69, 9.17) is 9.15 Å². The number of rotatable bonds is 4. The molecule has 0 bridgehead atoms. The molecule has 18 heavy (non-hydrogen) atoms. The maximum atomic E-state index is 11.7. The molecule has 2 aromatic rings. The van der Waals surface area contributed by atoms with Gasteiger partial charge >= 0.3 is 5.97 Å². The van der Waals surface area contributed by atoms with Crippen molar-refractivity contribution in [3.8, 4) is 0 Å². The first kappa shape index (κ1) is 12.1. The monoisotopic (exact) mass is 243 g/mol. The molecule has 4 heteroatoms. The van der Waals surface area contributed by atoms with Crippen molar-refractivity contribution in [2.24, 2.45) is 4.99 Å². The third-order valence-electron chi connectivity index (χ3n) is 2.27. The first-order valence-corrected chi connectivity index (χ1v) is 5.65. The van der Waals surface area contributed by atoms with Crippen LogP contribution < -0.4 is 0 Å². The zero-order valence-corrected chi connectivity index (χ0v) is 10.00. The van der Waals surface area contributed by atoms with E-state index in [1.807, 2.05) is 6.07 Å². The van der Waals surface area contributed by atoms with E-state index in [2.05, 4.69) is 4.99 Å². The van der Waals surface area contributed by atoms with Crippen LogP contribution in [0.5, 0.6) is 0 Å². The van der Waals surface area contributed by atoms with Gasteiger partial charge in [-0.15, -0.1) is 0 Å². The van der Waals surface area contributed by atoms with Crippen molar-refractivity contribution in [1.29, 1.82) is 0 Å². The van der Waals surface area contributed by atoms with Gasteiger partial charge in [0.05, 0.1) is 30.3 Å². The zero-order chi connectivity index (χ0) is 12.8. The molecule has 2 rings (SSSR count). The summed E-state index contributed by atoms with van der Waals surface area (Å²) in [5, 5.41) is 0. The van der Waals surface area contributed by atoms with Gasteiger partial charge in [-0.1, -0.05) is 12.1 Å². The quantitative estimate of drug-likeness (QED) is 0.612. The minimum absolute atomic E-state index is 0.342. The van der Waals surface area contributed by atoms with E-state index in [0.29, 0.717) is 23.6 Å². The Morgan fingerprint density at radius 1 is 1.33 bits per heavy atom. The van der Waals surface area contributed by atoms with Gasteiger partial charge in [0.15, 0.2) is 0 Å². The Morgan fingerprint density at radius 2 is 2.17 bits per heavy atom. The van der Waals surface area contributed by atoms with Gasteiger partial charge in [-0.25, -0.2) is 4.79 Å². The lowest BCUT2D eigenvalue weighted by atomic mass is 10.2. The minimum atomic E-state index is -0.371. The topological polar surface area (TPSA) is 51.8 Å². The zero-order valence-electron chi connectivity index (χ0n) is 10.00. The number of carbonyl (C=O) groups is 1. The molecular weight excluding hydrogens is 230 g/mol. The van der Waals surface area contributed by atoms with E-state index in [-0.39, 0.29) is 5.97 Å². The lowest BCUT2D eigenvalue weighted by Gasteiger charge is -2.04. The second-order valence-electron chi connectivity index (χ2n) is 3.51. The van der Waals surface area contributed by atoms with Crippen molar-refractivity contribution in [2.45, 2.75) is 6.92 Å². The number of carbonyl (C=O) groups excluding carboxylic acids is 1. The smallest absolute Gasteiger partial charge is 0.340 e. The summed E-state index contributed by atoms with van der Waals surface area (Å²) in [5.74, 6) is 0.262. The van der Waals surface area contributed by atoms with Gasteiger partial charge in [0.1, 0.15) is 5.76 Å². The van der Waals surface area contributed by atoms with Gasteiger partial charge in [0, 0.05) is 0 Å². The molecule has 1 heterocycles. The van der Waals surface area contributed by atoms with Crippen molar-refractivity contribution >= 4 is 17.9 Å². The summed E-state index contributed by atoms with van der Waals surface area (Å²) >= 11 is 0. The molecular formula is C14H13NO3. The Morgan fingerprint density at radius 3 is 2.89 bits per heavy atom. The number of esters is 1. The van der Waals surface area contributed by atoms with Crippen LogP contribution in [0.1, 0.15) is 23.0 Å². The molecule has 0 saturated carbocycles. The van der Waals surface area contributed by atoms with Gasteiger partial charge in [0.2, 0.25) is 0 Å². The molecule has 0 unspecified atom stereocenters. The molecule has 0 saturated heterocycles. The summed E-state index contributed by atoms with van der Waals surface area (Å²) in [6.45, 7) is 2.11. The maximum absolute atomic E-state index is 11.7. The normalized spacial score (nSPS) is 10.7. The number of aliphatic imine (C=N–C) groups is 1. The Labute approximate surface area is 105 Å². The van der Waals surface area contributed by atoms with Gasteiger partial charge in [-0.3, -0.25) is 4.99 Å².